The lowest BCUT2D eigenvalue weighted by Crippen LogP contribution is -2.44. The fourth-order valence-electron chi connectivity index (χ4n) is 4.46. The predicted octanol–water partition coefficient (Wildman–Crippen LogP) is 4.14. The SMILES string of the molecule is COc1ccc([C@H]2Sc3ccccc3N(CCN(C)CCc3ccc4c(c3)OCO4)C(=O)[C@H]2O)cc1. The number of carbonyl (C=O) groups excluding carboxylic acids is 1. The van der Waals surface area contributed by atoms with Crippen LogP contribution in [0.2, 0.25) is 0 Å². The summed E-state index contributed by atoms with van der Waals surface area (Å²) in [5, 5.41) is 10.8. The Kier molecular flexibility index (Phi) is 7.36. The maximum Gasteiger partial charge on any atom is 0.257 e. The Labute approximate surface area is 215 Å². The summed E-state index contributed by atoms with van der Waals surface area (Å²) in [5.41, 5.74) is 2.90. The van der Waals surface area contributed by atoms with E-state index in [1.54, 1.807) is 12.0 Å². The van der Waals surface area contributed by atoms with Crippen LogP contribution < -0.4 is 19.1 Å². The molecule has 2 aliphatic rings. The van der Waals surface area contributed by atoms with Crippen LogP contribution in [0.4, 0.5) is 5.69 Å². The lowest BCUT2D eigenvalue weighted by atomic mass is 10.1. The zero-order valence-electron chi connectivity index (χ0n) is 20.4. The Morgan fingerprint density at radius 2 is 1.83 bits per heavy atom. The van der Waals surface area contributed by atoms with Gasteiger partial charge in [0.2, 0.25) is 6.79 Å². The molecule has 2 aliphatic heterocycles. The average Bonchev–Trinajstić information content (AvgIpc) is 3.35. The summed E-state index contributed by atoms with van der Waals surface area (Å²) in [4.78, 5) is 18.4. The van der Waals surface area contributed by atoms with E-state index in [-0.39, 0.29) is 12.7 Å². The number of para-hydroxylation sites is 1. The highest BCUT2D eigenvalue weighted by Crippen LogP contribution is 2.45. The molecular formula is C28H30N2O5S. The fraction of sp³-hybridized carbons (Fsp3) is 0.321. The first-order valence-electron chi connectivity index (χ1n) is 12.0. The van der Waals surface area contributed by atoms with Crippen LogP contribution in [0, 0.1) is 0 Å². The molecule has 0 aromatic heterocycles. The summed E-state index contributed by atoms with van der Waals surface area (Å²) in [6.45, 7) is 2.26. The topological polar surface area (TPSA) is 71.5 Å². The molecular weight excluding hydrogens is 476 g/mol. The van der Waals surface area contributed by atoms with Crippen LogP contribution in [0.5, 0.6) is 17.2 Å². The molecule has 0 spiro atoms. The largest absolute Gasteiger partial charge is 0.497 e. The van der Waals surface area contributed by atoms with Crippen LogP contribution in [0.3, 0.4) is 0 Å². The van der Waals surface area contributed by atoms with E-state index in [2.05, 4.69) is 11.0 Å². The predicted molar refractivity (Wildman–Crippen MR) is 140 cm³/mol. The van der Waals surface area contributed by atoms with Gasteiger partial charge in [-0.25, -0.2) is 0 Å². The van der Waals surface area contributed by atoms with Crippen molar-refractivity contribution in [1.82, 2.24) is 4.90 Å². The molecule has 7 nitrogen and oxygen atoms in total. The van der Waals surface area contributed by atoms with E-state index < -0.39 is 11.4 Å². The van der Waals surface area contributed by atoms with E-state index >= 15 is 0 Å². The Balaban J connectivity index is 1.27. The quantitative estimate of drug-likeness (QED) is 0.492. The van der Waals surface area contributed by atoms with Crippen molar-refractivity contribution in [3.8, 4) is 17.2 Å². The van der Waals surface area contributed by atoms with Crippen molar-refractivity contribution < 1.29 is 24.1 Å². The van der Waals surface area contributed by atoms with Gasteiger partial charge < -0.3 is 29.1 Å². The summed E-state index contributed by atoms with van der Waals surface area (Å²) in [7, 11) is 3.67. The summed E-state index contributed by atoms with van der Waals surface area (Å²) >= 11 is 1.52. The van der Waals surface area contributed by atoms with E-state index in [4.69, 9.17) is 14.2 Å². The highest BCUT2D eigenvalue weighted by Gasteiger charge is 2.37. The molecule has 2 heterocycles. The van der Waals surface area contributed by atoms with E-state index in [0.29, 0.717) is 13.1 Å². The zero-order valence-corrected chi connectivity index (χ0v) is 21.2. The smallest absolute Gasteiger partial charge is 0.257 e. The fourth-order valence-corrected chi connectivity index (χ4v) is 5.73. The Morgan fingerprint density at radius 3 is 2.64 bits per heavy atom. The second-order valence-corrected chi connectivity index (χ2v) is 10.1. The van der Waals surface area contributed by atoms with Crippen LogP contribution in [0.25, 0.3) is 0 Å². The van der Waals surface area contributed by atoms with E-state index in [1.165, 1.54) is 17.3 Å². The number of amides is 1. The van der Waals surface area contributed by atoms with Gasteiger partial charge >= 0.3 is 0 Å². The van der Waals surface area contributed by atoms with Gasteiger partial charge in [0.25, 0.3) is 5.91 Å². The van der Waals surface area contributed by atoms with Gasteiger partial charge in [0, 0.05) is 24.5 Å². The molecule has 0 radical (unpaired) electrons. The molecule has 2 atom stereocenters. The number of thioether (sulfide) groups is 1. The van der Waals surface area contributed by atoms with Crippen LogP contribution in [-0.2, 0) is 11.2 Å². The normalized spacial score (nSPS) is 18.8. The molecule has 0 saturated carbocycles. The van der Waals surface area contributed by atoms with Crippen LogP contribution >= 0.6 is 11.8 Å². The van der Waals surface area contributed by atoms with Gasteiger partial charge in [0.1, 0.15) is 11.9 Å². The number of benzene rings is 3. The highest BCUT2D eigenvalue weighted by atomic mass is 32.2. The van der Waals surface area contributed by atoms with Crippen LogP contribution in [-0.4, -0.2) is 62.6 Å². The number of methoxy groups -OCH3 is 1. The number of hydrogen-bond donors (Lipinski definition) is 1. The number of aliphatic hydroxyl groups excluding tert-OH is 1. The average molecular weight is 507 g/mol. The lowest BCUT2D eigenvalue weighted by Gasteiger charge is -2.27. The third-order valence-corrected chi connectivity index (χ3v) is 7.97. The molecule has 1 N–H and O–H groups in total. The third-order valence-electron chi connectivity index (χ3n) is 6.58. The first kappa shape index (κ1) is 24.5. The van der Waals surface area contributed by atoms with Crippen molar-refractivity contribution in [2.75, 3.05) is 45.5 Å². The van der Waals surface area contributed by atoms with Crippen molar-refractivity contribution >= 4 is 23.4 Å². The second kappa shape index (κ2) is 10.8. The van der Waals surface area contributed by atoms with Crippen LogP contribution in [0.1, 0.15) is 16.4 Å². The number of likely N-dealkylation sites (N-methyl/N-ethyl adjacent to an activating group) is 1. The maximum atomic E-state index is 13.5. The monoisotopic (exact) mass is 506 g/mol. The van der Waals surface area contributed by atoms with Crippen molar-refractivity contribution in [3.63, 3.8) is 0 Å². The Morgan fingerprint density at radius 1 is 1.06 bits per heavy atom. The molecule has 5 rings (SSSR count). The molecule has 0 fully saturated rings. The van der Waals surface area contributed by atoms with Gasteiger partial charge in [0.05, 0.1) is 18.0 Å². The standard InChI is InChI=1S/C28H30N2O5S/c1-29(14-13-19-7-12-23-24(17-19)35-18-34-23)15-16-30-22-5-3-4-6-25(22)36-27(26(31)28(30)32)20-8-10-21(33-2)11-9-20/h3-12,17,26-27,31H,13-16,18H2,1-2H3/t26-,27+/m0/s1. The maximum absolute atomic E-state index is 13.5. The minimum Gasteiger partial charge on any atom is -0.497 e. The highest BCUT2D eigenvalue weighted by molar-refractivity contribution is 7.99. The number of hydrogen-bond acceptors (Lipinski definition) is 7. The van der Waals surface area contributed by atoms with Gasteiger partial charge in [-0.2, -0.15) is 0 Å². The van der Waals surface area contributed by atoms with Crippen molar-refractivity contribution in [2.45, 2.75) is 22.7 Å². The van der Waals surface area contributed by atoms with E-state index in [9.17, 15) is 9.90 Å². The molecule has 36 heavy (non-hydrogen) atoms. The zero-order chi connectivity index (χ0) is 25.1. The minimum absolute atomic E-state index is 0.271. The summed E-state index contributed by atoms with van der Waals surface area (Å²) in [5.74, 6) is 2.04. The number of anilines is 1. The van der Waals surface area contributed by atoms with E-state index in [1.807, 2.05) is 67.7 Å². The van der Waals surface area contributed by atoms with Crippen molar-refractivity contribution in [3.05, 3.63) is 77.9 Å². The Hall–Kier alpha value is -3.20. The van der Waals surface area contributed by atoms with Gasteiger partial charge in [0.15, 0.2) is 11.5 Å². The number of ether oxygens (including phenoxy) is 3. The lowest BCUT2D eigenvalue weighted by molar-refractivity contribution is -0.126. The van der Waals surface area contributed by atoms with Crippen LogP contribution in [0.15, 0.2) is 71.6 Å². The second-order valence-electron chi connectivity index (χ2n) is 8.95. The molecule has 0 bridgehead atoms. The van der Waals surface area contributed by atoms with Gasteiger partial charge in [-0.1, -0.05) is 30.3 Å². The minimum atomic E-state index is -1.16. The number of fused-ring (bicyclic) bond motifs is 2. The number of rotatable bonds is 8. The molecule has 0 saturated heterocycles. The number of carbonyl (C=O) groups is 1. The number of nitrogens with zero attached hydrogens (tertiary/aromatic N) is 2. The first-order valence-corrected chi connectivity index (χ1v) is 12.9. The van der Waals surface area contributed by atoms with E-state index in [0.717, 1.165) is 46.4 Å². The van der Waals surface area contributed by atoms with Gasteiger partial charge in [-0.3, -0.25) is 4.79 Å². The summed E-state index contributed by atoms with van der Waals surface area (Å²) < 4.78 is 16.1. The van der Waals surface area contributed by atoms with Crippen molar-refractivity contribution in [2.24, 2.45) is 0 Å². The summed E-state index contributed by atoms with van der Waals surface area (Å²) in [6, 6.07) is 21.4. The molecule has 188 valence electrons. The van der Waals surface area contributed by atoms with Crippen molar-refractivity contribution in [1.29, 1.82) is 0 Å². The van der Waals surface area contributed by atoms with Gasteiger partial charge in [-0.15, -0.1) is 11.8 Å². The first-order chi connectivity index (χ1) is 17.5. The molecule has 8 heteroatoms. The third kappa shape index (κ3) is 5.16. The van der Waals surface area contributed by atoms with Gasteiger partial charge in [-0.05, 0) is 61.0 Å². The molecule has 1 amide bonds. The Bertz CT molecular complexity index is 1220. The molecule has 3 aromatic carbocycles. The number of aliphatic hydroxyl groups is 1. The molecule has 0 unspecified atom stereocenters. The molecule has 3 aromatic rings. The summed E-state index contributed by atoms with van der Waals surface area (Å²) in [6.07, 6.45) is -0.301. The molecule has 0 aliphatic carbocycles.